The van der Waals surface area contributed by atoms with Crippen molar-refractivity contribution in [1.29, 1.82) is 0 Å². The molecule has 1 aromatic heterocycles. The Morgan fingerprint density at radius 1 is 1.35 bits per heavy atom. The van der Waals surface area contributed by atoms with Crippen molar-refractivity contribution in [3.63, 3.8) is 0 Å². The highest BCUT2D eigenvalue weighted by atomic mass is 16.1. The van der Waals surface area contributed by atoms with Crippen molar-refractivity contribution < 1.29 is 4.79 Å². The zero-order valence-electron chi connectivity index (χ0n) is 12.1. The summed E-state index contributed by atoms with van der Waals surface area (Å²) < 4.78 is 1.81. The zero-order valence-corrected chi connectivity index (χ0v) is 12.1. The number of rotatable bonds is 5. The number of amides is 1. The number of anilines is 2. The normalized spacial score (nSPS) is 10.3. The molecule has 0 unspecified atom stereocenters. The van der Waals surface area contributed by atoms with Crippen molar-refractivity contribution in [1.82, 2.24) is 9.78 Å². The Hall–Kier alpha value is -2.30. The first kappa shape index (κ1) is 14.1. The summed E-state index contributed by atoms with van der Waals surface area (Å²) in [4.78, 5) is 11.4. The van der Waals surface area contributed by atoms with Gasteiger partial charge in [-0.2, -0.15) is 5.10 Å². The van der Waals surface area contributed by atoms with Crippen LogP contribution in [0, 0.1) is 6.92 Å². The molecule has 2 rings (SSSR count). The minimum Gasteiger partial charge on any atom is -0.381 e. The van der Waals surface area contributed by atoms with E-state index < -0.39 is 0 Å². The van der Waals surface area contributed by atoms with E-state index in [-0.39, 0.29) is 5.91 Å². The van der Waals surface area contributed by atoms with Gasteiger partial charge in [0.15, 0.2) is 0 Å². The molecule has 106 valence electrons. The lowest BCUT2D eigenvalue weighted by Crippen LogP contribution is -2.09. The summed E-state index contributed by atoms with van der Waals surface area (Å²) in [6, 6.07) is 7.71. The number of carbonyl (C=O) groups excluding carboxylic acids is 1. The van der Waals surface area contributed by atoms with Crippen LogP contribution in [-0.4, -0.2) is 15.7 Å². The van der Waals surface area contributed by atoms with Crippen LogP contribution >= 0.6 is 0 Å². The summed E-state index contributed by atoms with van der Waals surface area (Å²) in [5, 5.41) is 10.5. The zero-order chi connectivity index (χ0) is 14.5. The molecule has 0 saturated heterocycles. The van der Waals surface area contributed by atoms with Crippen molar-refractivity contribution in [2.75, 3.05) is 10.6 Å². The maximum atomic E-state index is 11.4. The van der Waals surface area contributed by atoms with Gasteiger partial charge in [-0.25, -0.2) is 0 Å². The third kappa shape index (κ3) is 3.60. The Labute approximate surface area is 119 Å². The summed E-state index contributed by atoms with van der Waals surface area (Å²) in [6.45, 7) is 4.54. The third-order valence-electron chi connectivity index (χ3n) is 3.07. The predicted octanol–water partition coefficient (Wildman–Crippen LogP) is 2.69. The largest absolute Gasteiger partial charge is 0.381 e. The Morgan fingerprint density at radius 2 is 2.10 bits per heavy atom. The molecule has 0 aliphatic carbocycles. The van der Waals surface area contributed by atoms with E-state index in [9.17, 15) is 4.79 Å². The van der Waals surface area contributed by atoms with Gasteiger partial charge in [-0.1, -0.05) is 13.0 Å². The SMILES string of the molecule is CCC(=O)Nc1cccc(NCc2cn(C)nc2C)c1. The monoisotopic (exact) mass is 272 g/mol. The fraction of sp³-hybridized carbons (Fsp3) is 0.333. The molecule has 5 nitrogen and oxygen atoms in total. The highest BCUT2D eigenvalue weighted by molar-refractivity contribution is 5.90. The number of aromatic nitrogens is 2. The molecule has 1 aromatic carbocycles. The molecule has 0 spiro atoms. The van der Waals surface area contributed by atoms with Gasteiger partial charge in [0.2, 0.25) is 5.91 Å². The summed E-state index contributed by atoms with van der Waals surface area (Å²) in [5.41, 5.74) is 3.97. The first-order chi connectivity index (χ1) is 9.58. The van der Waals surface area contributed by atoms with E-state index in [1.165, 1.54) is 0 Å². The Balaban J connectivity index is 2.01. The lowest BCUT2D eigenvalue weighted by atomic mass is 10.2. The number of benzene rings is 1. The van der Waals surface area contributed by atoms with Crippen LogP contribution in [0.4, 0.5) is 11.4 Å². The average Bonchev–Trinajstić information content (AvgIpc) is 2.75. The molecule has 2 aromatic rings. The molecule has 0 bridgehead atoms. The lowest BCUT2D eigenvalue weighted by Gasteiger charge is -2.08. The highest BCUT2D eigenvalue weighted by Crippen LogP contribution is 2.16. The number of nitrogens with one attached hydrogen (secondary N) is 2. The molecule has 0 fully saturated rings. The molecule has 0 radical (unpaired) electrons. The van der Waals surface area contributed by atoms with E-state index in [1.807, 2.05) is 56.0 Å². The minimum atomic E-state index is 0.0188. The molecular formula is C15H20N4O. The molecule has 1 amide bonds. The minimum absolute atomic E-state index is 0.0188. The van der Waals surface area contributed by atoms with Gasteiger partial charge in [0.25, 0.3) is 0 Å². The molecule has 1 heterocycles. The van der Waals surface area contributed by atoms with Gasteiger partial charge in [-0.05, 0) is 25.1 Å². The standard InChI is InChI=1S/C15H20N4O/c1-4-15(20)17-14-7-5-6-13(8-14)16-9-12-10-19(3)18-11(12)2/h5-8,10,16H,4,9H2,1-3H3,(H,17,20). The van der Waals surface area contributed by atoms with E-state index in [2.05, 4.69) is 15.7 Å². The van der Waals surface area contributed by atoms with Crippen LogP contribution in [0.2, 0.25) is 0 Å². The van der Waals surface area contributed by atoms with E-state index in [0.717, 1.165) is 22.6 Å². The number of aryl methyl sites for hydroxylation is 2. The maximum Gasteiger partial charge on any atom is 0.224 e. The second kappa shape index (κ2) is 6.23. The number of hydrogen-bond donors (Lipinski definition) is 2. The van der Waals surface area contributed by atoms with E-state index >= 15 is 0 Å². The van der Waals surface area contributed by atoms with Gasteiger partial charge in [0.05, 0.1) is 5.69 Å². The molecule has 0 saturated carbocycles. The molecular weight excluding hydrogens is 252 g/mol. The van der Waals surface area contributed by atoms with Crippen LogP contribution in [-0.2, 0) is 18.4 Å². The second-order valence-electron chi connectivity index (χ2n) is 4.75. The summed E-state index contributed by atoms with van der Waals surface area (Å²) in [5.74, 6) is 0.0188. The van der Waals surface area contributed by atoms with Crippen LogP contribution in [0.3, 0.4) is 0 Å². The van der Waals surface area contributed by atoms with Gasteiger partial charge < -0.3 is 10.6 Å². The smallest absolute Gasteiger partial charge is 0.224 e. The Kier molecular flexibility index (Phi) is 4.40. The van der Waals surface area contributed by atoms with Crippen molar-refractivity contribution >= 4 is 17.3 Å². The van der Waals surface area contributed by atoms with Crippen molar-refractivity contribution in [2.45, 2.75) is 26.8 Å². The van der Waals surface area contributed by atoms with Crippen LogP contribution in [0.1, 0.15) is 24.6 Å². The number of hydrogen-bond acceptors (Lipinski definition) is 3. The van der Waals surface area contributed by atoms with Crippen LogP contribution in [0.25, 0.3) is 0 Å². The van der Waals surface area contributed by atoms with Gasteiger partial charge in [-0.15, -0.1) is 0 Å². The molecule has 5 heteroatoms. The summed E-state index contributed by atoms with van der Waals surface area (Å²) >= 11 is 0. The van der Waals surface area contributed by atoms with Crippen LogP contribution in [0.5, 0.6) is 0 Å². The van der Waals surface area contributed by atoms with E-state index in [0.29, 0.717) is 13.0 Å². The van der Waals surface area contributed by atoms with E-state index in [1.54, 1.807) is 0 Å². The molecule has 20 heavy (non-hydrogen) atoms. The summed E-state index contributed by atoms with van der Waals surface area (Å²) in [7, 11) is 1.91. The van der Waals surface area contributed by atoms with Crippen LogP contribution in [0.15, 0.2) is 30.5 Å². The van der Waals surface area contributed by atoms with Gasteiger partial charge in [0.1, 0.15) is 0 Å². The van der Waals surface area contributed by atoms with Crippen LogP contribution < -0.4 is 10.6 Å². The van der Waals surface area contributed by atoms with Gasteiger partial charge in [0, 0.05) is 43.1 Å². The Morgan fingerprint density at radius 3 is 2.75 bits per heavy atom. The quantitative estimate of drug-likeness (QED) is 0.879. The second-order valence-corrected chi connectivity index (χ2v) is 4.75. The third-order valence-corrected chi connectivity index (χ3v) is 3.07. The van der Waals surface area contributed by atoms with E-state index in [4.69, 9.17) is 0 Å². The summed E-state index contributed by atoms with van der Waals surface area (Å²) in [6.07, 6.45) is 2.48. The topological polar surface area (TPSA) is 59.0 Å². The molecule has 0 aliphatic rings. The molecule has 0 aliphatic heterocycles. The Bertz CT molecular complexity index is 604. The van der Waals surface area contributed by atoms with Gasteiger partial charge in [-0.3, -0.25) is 9.48 Å². The highest BCUT2D eigenvalue weighted by Gasteiger charge is 2.04. The average molecular weight is 272 g/mol. The first-order valence-electron chi connectivity index (χ1n) is 6.71. The van der Waals surface area contributed by atoms with Crippen molar-refractivity contribution in [3.05, 3.63) is 41.7 Å². The first-order valence-corrected chi connectivity index (χ1v) is 6.71. The van der Waals surface area contributed by atoms with Gasteiger partial charge >= 0.3 is 0 Å². The fourth-order valence-electron chi connectivity index (χ4n) is 1.98. The number of carbonyl (C=O) groups is 1. The molecule has 2 N–H and O–H groups in total. The lowest BCUT2D eigenvalue weighted by molar-refractivity contribution is -0.115. The predicted molar refractivity (Wildman–Crippen MR) is 80.6 cm³/mol. The molecule has 0 atom stereocenters. The maximum absolute atomic E-state index is 11.4. The van der Waals surface area contributed by atoms with Crippen molar-refractivity contribution in [3.8, 4) is 0 Å². The fourth-order valence-corrected chi connectivity index (χ4v) is 1.98. The number of nitrogens with zero attached hydrogens (tertiary/aromatic N) is 2. The van der Waals surface area contributed by atoms with Crippen molar-refractivity contribution in [2.24, 2.45) is 7.05 Å².